The molecular weight excluding hydrogens is 196 g/mol. The zero-order valence-corrected chi connectivity index (χ0v) is 8.64. The highest BCUT2D eigenvalue weighted by Crippen LogP contribution is 2.27. The second kappa shape index (κ2) is 4.00. The number of rotatable bonds is 3. The Balaban J connectivity index is 3.10. The fourth-order valence-corrected chi connectivity index (χ4v) is 1.31. The Kier molecular flexibility index (Phi) is 3.12. The Morgan fingerprint density at radius 3 is 2.40 bits per heavy atom. The molecule has 0 amide bonds. The van der Waals surface area contributed by atoms with E-state index in [0.29, 0.717) is 5.56 Å². The van der Waals surface area contributed by atoms with Gasteiger partial charge in [-0.3, -0.25) is 0 Å². The van der Waals surface area contributed by atoms with Gasteiger partial charge in [0.1, 0.15) is 6.10 Å². The number of hydrogen-bond donors (Lipinski definition) is 3. The quantitative estimate of drug-likeness (QED) is 0.691. The van der Waals surface area contributed by atoms with Crippen LogP contribution in [0.1, 0.15) is 24.2 Å². The van der Waals surface area contributed by atoms with Gasteiger partial charge < -0.3 is 15.3 Å². The number of carbonyl (C=O) groups is 1. The molecule has 0 aliphatic carbocycles. The molecule has 1 aromatic rings. The molecule has 0 saturated carbocycles. The summed E-state index contributed by atoms with van der Waals surface area (Å²) in [5.74, 6) is -1.45. The number of benzene rings is 1. The van der Waals surface area contributed by atoms with Gasteiger partial charge in [-0.1, -0.05) is 24.3 Å². The first kappa shape index (κ1) is 11.7. The van der Waals surface area contributed by atoms with Gasteiger partial charge >= 0.3 is 5.97 Å². The molecule has 82 valence electrons. The molecule has 0 saturated heterocycles. The van der Waals surface area contributed by atoms with E-state index in [4.69, 9.17) is 5.11 Å². The van der Waals surface area contributed by atoms with Crippen LogP contribution in [0.2, 0.25) is 0 Å². The predicted octanol–water partition coefficient (Wildman–Crippen LogP) is 0.864. The van der Waals surface area contributed by atoms with Crippen LogP contribution in [0.5, 0.6) is 0 Å². The molecule has 1 aromatic carbocycles. The number of carboxylic acids is 1. The molecule has 0 spiro atoms. The van der Waals surface area contributed by atoms with Crippen LogP contribution in [0.25, 0.3) is 0 Å². The molecule has 4 nitrogen and oxygen atoms in total. The summed E-state index contributed by atoms with van der Waals surface area (Å²) in [5, 5.41) is 28.1. The van der Waals surface area contributed by atoms with Crippen LogP contribution in [0.4, 0.5) is 0 Å². The molecule has 2 atom stereocenters. The number of aliphatic carboxylic acids is 1. The lowest BCUT2D eigenvalue weighted by Crippen LogP contribution is -2.41. The molecule has 0 bridgehead atoms. The molecule has 0 heterocycles. The summed E-state index contributed by atoms with van der Waals surface area (Å²) in [6.45, 7) is 2.82. The summed E-state index contributed by atoms with van der Waals surface area (Å²) in [4.78, 5) is 10.7. The van der Waals surface area contributed by atoms with Gasteiger partial charge in [0.25, 0.3) is 0 Å². The Labute approximate surface area is 87.8 Å². The van der Waals surface area contributed by atoms with E-state index in [1.807, 2.05) is 0 Å². The summed E-state index contributed by atoms with van der Waals surface area (Å²) in [6.07, 6.45) is -1.43. The van der Waals surface area contributed by atoms with Crippen molar-refractivity contribution < 1.29 is 20.1 Å². The van der Waals surface area contributed by atoms with Gasteiger partial charge in [-0.05, 0) is 25.0 Å². The maximum Gasteiger partial charge on any atom is 0.338 e. The van der Waals surface area contributed by atoms with Gasteiger partial charge in [0, 0.05) is 0 Å². The fourth-order valence-electron chi connectivity index (χ4n) is 1.31. The van der Waals surface area contributed by atoms with Crippen molar-refractivity contribution in [2.45, 2.75) is 25.6 Å². The van der Waals surface area contributed by atoms with Crippen LogP contribution in [0.15, 0.2) is 24.3 Å². The van der Waals surface area contributed by atoms with Crippen LogP contribution in [-0.2, 0) is 4.79 Å². The maximum absolute atomic E-state index is 10.7. The lowest BCUT2D eigenvalue weighted by molar-refractivity contribution is -0.169. The van der Waals surface area contributed by atoms with Crippen molar-refractivity contribution in [3.63, 3.8) is 0 Å². The van der Waals surface area contributed by atoms with E-state index < -0.39 is 17.7 Å². The summed E-state index contributed by atoms with van der Waals surface area (Å²) in [7, 11) is 0. The largest absolute Gasteiger partial charge is 0.479 e. The van der Waals surface area contributed by atoms with E-state index >= 15 is 0 Å². The van der Waals surface area contributed by atoms with E-state index in [2.05, 4.69) is 0 Å². The van der Waals surface area contributed by atoms with Crippen LogP contribution in [0, 0.1) is 6.92 Å². The van der Waals surface area contributed by atoms with Gasteiger partial charge in [0.15, 0.2) is 5.60 Å². The SMILES string of the molecule is Cc1ccccc1[C@@H](O)[C@](C)(O)C(=O)O. The smallest absolute Gasteiger partial charge is 0.338 e. The third-order valence-corrected chi connectivity index (χ3v) is 2.45. The van der Waals surface area contributed by atoms with Crippen molar-refractivity contribution in [3.05, 3.63) is 35.4 Å². The van der Waals surface area contributed by atoms with Gasteiger partial charge in [-0.15, -0.1) is 0 Å². The van der Waals surface area contributed by atoms with Crippen LogP contribution in [0.3, 0.4) is 0 Å². The minimum atomic E-state index is -2.17. The molecule has 1 rings (SSSR count). The monoisotopic (exact) mass is 210 g/mol. The zero-order valence-electron chi connectivity index (χ0n) is 8.64. The molecule has 0 aromatic heterocycles. The Morgan fingerprint density at radius 1 is 1.40 bits per heavy atom. The fraction of sp³-hybridized carbons (Fsp3) is 0.364. The molecule has 15 heavy (non-hydrogen) atoms. The summed E-state index contributed by atoms with van der Waals surface area (Å²) >= 11 is 0. The Morgan fingerprint density at radius 2 is 1.93 bits per heavy atom. The molecule has 0 aliphatic rings. The van der Waals surface area contributed by atoms with E-state index in [1.165, 1.54) is 0 Å². The number of aliphatic hydroxyl groups is 2. The van der Waals surface area contributed by atoms with Gasteiger partial charge in [-0.25, -0.2) is 4.79 Å². The molecular formula is C11H14O4. The van der Waals surface area contributed by atoms with Crippen LogP contribution in [-0.4, -0.2) is 26.9 Å². The molecule has 0 unspecified atom stereocenters. The van der Waals surface area contributed by atoms with Crippen molar-refractivity contribution >= 4 is 5.97 Å². The minimum absolute atomic E-state index is 0.421. The normalized spacial score (nSPS) is 16.8. The van der Waals surface area contributed by atoms with E-state index in [9.17, 15) is 15.0 Å². The summed E-state index contributed by atoms with van der Waals surface area (Å²) in [5.41, 5.74) is -1.01. The first-order valence-electron chi connectivity index (χ1n) is 4.56. The molecule has 4 heteroatoms. The molecule has 0 radical (unpaired) electrons. The second-order valence-corrected chi connectivity index (χ2v) is 3.71. The number of hydrogen-bond acceptors (Lipinski definition) is 3. The highest BCUT2D eigenvalue weighted by Gasteiger charge is 2.39. The van der Waals surface area contributed by atoms with Crippen LogP contribution >= 0.6 is 0 Å². The van der Waals surface area contributed by atoms with E-state index in [0.717, 1.165) is 12.5 Å². The van der Waals surface area contributed by atoms with Crippen molar-refractivity contribution in [3.8, 4) is 0 Å². The highest BCUT2D eigenvalue weighted by molar-refractivity contribution is 5.77. The van der Waals surface area contributed by atoms with Crippen molar-refractivity contribution in [1.82, 2.24) is 0 Å². The topological polar surface area (TPSA) is 77.8 Å². The number of carboxylic acid groups (broad SMARTS) is 1. The third-order valence-electron chi connectivity index (χ3n) is 2.45. The van der Waals surface area contributed by atoms with Crippen molar-refractivity contribution in [2.24, 2.45) is 0 Å². The zero-order chi connectivity index (χ0) is 11.6. The standard InChI is InChI=1S/C11H14O4/c1-7-5-3-4-6-8(7)9(12)11(2,15)10(13)14/h3-6,9,12,15H,1-2H3,(H,13,14)/t9-,11+/m1/s1. The second-order valence-electron chi connectivity index (χ2n) is 3.71. The summed E-state index contributed by atoms with van der Waals surface area (Å²) < 4.78 is 0. The van der Waals surface area contributed by atoms with Gasteiger partial charge in [-0.2, -0.15) is 0 Å². The minimum Gasteiger partial charge on any atom is -0.479 e. The van der Waals surface area contributed by atoms with Gasteiger partial charge in [0.2, 0.25) is 0 Å². The lowest BCUT2D eigenvalue weighted by Gasteiger charge is -2.25. The van der Waals surface area contributed by atoms with E-state index in [-0.39, 0.29) is 0 Å². The van der Waals surface area contributed by atoms with Crippen molar-refractivity contribution in [1.29, 1.82) is 0 Å². The maximum atomic E-state index is 10.7. The Hall–Kier alpha value is -1.39. The van der Waals surface area contributed by atoms with Crippen molar-refractivity contribution in [2.75, 3.05) is 0 Å². The average Bonchev–Trinajstić information content (AvgIpc) is 2.17. The number of aliphatic hydroxyl groups excluding tert-OH is 1. The lowest BCUT2D eigenvalue weighted by atomic mass is 9.90. The first-order valence-corrected chi connectivity index (χ1v) is 4.56. The van der Waals surface area contributed by atoms with E-state index in [1.54, 1.807) is 31.2 Å². The third kappa shape index (κ3) is 2.16. The molecule has 0 fully saturated rings. The predicted molar refractivity (Wildman–Crippen MR) is 54.4 cm³/mol. The Bertz CT molecular complexity index is 371. The average molecular weight is 210 g/mol. The first-order chi connectivity index (χ1) is 6.87. The highest BCUT2D eigenvalue weighted by atomic mass is 16.4. The van der Waals surface area contributed by atoms with Gasteiger partial charge in [0.05, 0.1) is 0 Å². The van der Waals surface area contributed by atoms with Crippen LogP contribution < -0.4 is 0 Å². The molecule has 3 N–H and O–H groups in total. The molecule has 0 aliphatic heterocycles. The summed E-state index contributed by atoms with van der Waals surface area (Å²) in [6, 6.07) is 6.80. The number of aryl methyl sites for hydroxylation is 1.